The number of benzene rings is 4. The van der Waals surface area contributed by atoms with Crippen LogP contribution in [-0.4, -0.2) is 35.6 Å². The van der Waals surface area contributed by atoms with E-state index in [1.165, 1.54) is 36.4 Å². The number of amides is 4. The van der Waals surface area contributed by atoms with E-state index in [2.05, 4.69) is 0 Å². The number of fused-ring (bicyclic) bond motifs is 3. The van der Waals surface area contributed by atoms with Gasteiger partial charge in [-0.25, -0.2) is 9.80 Å². The number of hydrogen-bond acceptors (Lipinski definition) is 8. The summed E-state index contributed by atoms with van der Waals surface area (Å²) >= 11 is 0. The van der Waals surface area contributed by atoms with E-state index < -0.39 is 35.6 Å². The lowest BCUT2D eigenvalue weighted by Crippen LogP contribution is -2.30. The van der Waals surface area contributed by atoms with Crippen molar-refractivity contribution in [1.29, 1.82) is 0 Å². The predicted octanol–water partition coefficient (Wildman–Crippen LogP) is 1.17. The molecule has 10 nitrogen and oxygen atoms in total. The Kier molecular flexibility index (Phi) is 4.76. The van der Waals surface area contributed by atoms with Gasteiger partial charge in [0.15, 0.2) is 0 Å². The second-order valence-corrected chi connectivity index (χ2v) is 8.64. The van der Waals surface area contributed by atoms with Crippen LogP contribution in [0.2, 0.25) is 0 Å². The van der Waals surface area contributed by atoms with Gasteiger partial charge in [0.1, 0.15) is 0 Å². The maximum atomic E-state index is 13.2. The molecule has 0 N–H and O–H groups in total. The minimum Gasteiger partial charge on any atom is -0.545 e. The Morgan fingerprint density at radius 2 is 0.868 bits per heavy atom. The van der Waals surface area contributed by atoms with Crippen molar-refractivity contribution >= 4 is 57.7 Å². The van der Waals surface area contributed by atoms with E-state index in [1.54, 1.807) is 24.3 Å². The Bertz CT molecular complexity index is 1690. The van der Waals surface area contributed by atoms with E-state index in [1.807, 2.05) is 0 Å². The summed E-state index contributed by atoms with van der Waals surface area (Å²) in [5.41, 5.74) is -0.293. The van der Waals surface area contributed by atoms with Crippen molar-refractivity contribution in [2.75, 3.05) is 9.80 Å². The maximum Gasteiger partial charge on any atom is 0.266 e. The summed E-state index contributed by atoms with van der Waals surface area (Å²) in [6.07, 6.45) is 0. The Morgan fingerprint density at radius 1 is 0.500 bits per heavy atom. The van der Waals surface area contributed by atoms with E-state index >= 15 is 0 Å². The van der Waals surface area contributed by atoms with Crippen LogP contribution in [-0.2, 0) is 0 Å². The first kappa shape index (κ1) is 22.8. The molecule has 4 aromatic rings. The number of carboxylic acids is 2. The normalized spacial score (nSPS) is 14.3. The number of aromatic carboxylic acids is 2. The van der Waals surface area contributed by atoms with Crippen LogP contribution >= 0.6 is 0 Å². The summed E-state index contributed by atoms with van der Waals surface area (Å²) in [7, 11) is 0. The molecule has 0 atom stereocenters. The molecule has 0 saturated heterocycles. The fourth-order valence-electron chi connectivity index (χ4n) is 4.84. The molecule has 0 fully saturated rings. The molecule has 10 heteroatoms. The van der Waals surface area contributed by atoms with Gasteiger partial charge < -0.3 is 19.8 Å². The van der Waals surface area contributed by atoms with Crippen LogP contribution in [0.15, 0.2) is 72.8 Å². The molecule has 2 aliphatic heterocycles. The van der Waals surface area contributed by atoms with Crippen molar-refractivity contribution in [2.24, 2.45) is 0 Å². The van der Waals surface area contributed by atoms with Crippen LogP contribution < -0.4 is 20.0 Å². The Hall–Kier alpha value is -5.64. The van der Waals surface area contributed by atoms with Gasteiger partial charge in [0.2, 0.25) is 0 Å². The minimum atomic E-state index is -1.49. The van der Waals surface area contributed by atoms with Crippen molar-refractivity contribution in [3.05, 3.63) is 106 Å². The van der Waals surface area contributed by atoms with Crippen LogP contribution in [0.4, 0.5) is 11.4 Å². The summed E-state index contributed by atoms with van der Waals surface area (Å²) in [5, 5.41) is 23.2. The SMILES string of the molecule is O=C([O-])c1ccc2c(c1)C(=O)N(c1cccc3c(N4C(=O)c5ccc(C(=O)[O-])cc5C4=O)cccc13)C2=O. The van der Waals surface area contributed by atoms with Crippen molar-refractivity contribution in [1.82, 2.24) is 0 Å². The molecule has 2 aliphatic rings. The largest absolute Gasteiger partial charge is 0.545 e. The fourth-order valence-corrected chi connectivity index (χ4v) is 4.84. The van der Waals surface area contributed by atoms with Crippen LogP contribution in [0, 0.1) is 0 Å². The topological polar surface area (TPSA) is 155 Å². The number of carbonyl (C=O) groups excluding carboxylic acids is 6. The second-order valence-electron chi connectivity index (χ2n) is 8.64. The van der Waals surface area contributed by atoms with Crippen LogP contribution in [0.3, 0.4) is 0 Å². The zero-order chi connectivity index (χ0) is 26.9. The van der Waals surface area contributed by atoms with Gasteiger partial charge in [0, 0.05) is 10.8 Å². The molecule has 0 aliphatic carbocycles. The lowest BCUT2D eigenvalue weighted by atomic mass is 10.0. The highest BCUT2D eigenvalue weighted by Gasteiger charge is 2.40. The summed E-state index contributed by atoms with van der Waals surface area (Å²) < 4.78 is 0. The summed E-state index contributed by atoms with van der Waals surface area (Å²) in [4.78, 5) is 77.1. The van der Waals surface area contributed by atoms with Crippen molar-refractivity contribution < 1.29 is 39.0 Å². The zero-order valence-electron chi connectivity index (χ0n) is 19.1. The summed E-state index contributed by atoms with van der Waals surface area (Å²) in [6, 6.07) is 16.4. The van der Waals surface area contributed by atoms with Crippen LogP contribution in [0.25, 0.3) is 10.8 Å². The molecule has 0 spiro atoms. The Labute approximate surface area is 212 Å². The van der Waals surface area contributed by atoms with E-state index in [0.717, 1.165) is 21.9 Å². The molecule has 4 amide bonds. The highest BCUT2D eigenvalue weighted by molar-refractivity contribution is 6.38. The Morgan fingerprint density at radius 3 is 1.24 bits per heavy atom. The molecule has 0 bridgehead atoms. The average molecular weight is 504 g/mol. The molecule has 184 valence electrons. The number of nitrogens with zero attached hydrogens (tertiary/aromatic N) is 2. The van der Waals surface area contributed by atoms with Gasteiger partial charge in [-0.3, -0.25) is 19.2 Å². The van der Waals surface area contributed by atoms with Crippen molar-refractivity contribution in [2.45, 2.75) is 0 Å². The first-order chi connectivity index (χ1) is 18.2. The lowest BCUT2D eigenvalue weighted by molar-refractivity contribution is -0.256. The smallest absolute Gasteiger partial charge is 0.266 e. The number of rotatable bonds is 4. The van der Waals surface area contributed by atoms with Gasteiger partial charge in [-0.15, -0.1) is 0 Å². The first-order valence-electron chi connectivity index (χ1n) is 11.2. The molecular formula is C28H12N2O8-2. The summed E-state index contributed by atoms with van der Waals surface area (Å²) in [6.45, 7) is 0. The van der Waals surface area contributed by atoms with Crippen molar-refractivity contribution in [3.8, 4) is 0 Å². The highest BCUT2D eigenvalue weighted by Crippen LogP contribution is 2.39. The molecule has 0 aromatic heterocycles. The molecule has 0 unspecified atom stereocenters. The number of hydrogen-bond donors (Lipinski definition) is 0. The molecule has 38 heavy (non-hydrogen) atoms. The van der Waals surface area contributed by atoms with Crippen LogP contribution in [0.1, 0.15) is 62.1 Å². The standard InChI is InChI=1S/C28H14N2O8/c31-23-17-9-7-13(27(35)36)11-19(17)25(33)29(23)21-5-1-3-15-16(21)4-2-6-22(15)30-24(32)18-10-8-14(28(37)38)12-20(18)26(30)34/h1-12H,(H,35,36)(H,37,38)/p-2. The monoisotopic (exact) mass is 504 g/mol. The third-order valence-corrected chi connectivity index (χ3v) is 6.60. The molecule has 4 aromatic carbocycles. The number of carbonyl (C=O) groups is 6. The third-order valence-electron chi connectivity index (χ3n) is 6.60. The van der Waals surface area contributed by atoms with Gasteiger partial charge in [-0.2, -0.15) is 0 Å². The quantitative estimate of drug-likeness (QED) is 0.375. The molecule has 0 radical (unpaired) electrons. The van der Waals surface area contributed by atoms with E-state index in [4.69, 9.17) is 0 Å². The van der Waals surface area contributed by atoms with E-state index in [-0.39, 0.29) is 44.8 Å². The first-order valence-corrected chi connectivity index (χ1v) is 11.2. The second kappa shape index (κ2) is 7.93. The van der Waals surface area contributed by atoms with Gasteiger partial charge in [-0.05, 0) is 47.5 Å². The highest BCUT2D eigenvalue weighted by atomic mass is 16.4. The summed E-state index contributed by atoms with van der Waals surface area (Å²) in [5.74, 6) is -5.78. The van der Waals surface area contributed by atoms with E-state index in [0.29, 0.717) is 10.8 Å². The van der Waals surface area contributed by atoms with Gasteiger partial charge >= 0.3 is 0 Å². The third kappa shape index (κ3) is 3.07. The lowest BCUT2D eigenvalue weighted by Gasteiger charge is -2.20. The average Bonchev–Trinajstić information content (AvgIpc) is 3.31. The molecule has 2 heterocycles. The number of imide groups is 2. The molecule has 0 saturated carbocycles. The van der Waals surface area contributed by atoms with Crippen molar-refractivity contribution in [3.63, 3.8) is 0 Å². The van der Waals surface area contributed by atoms with Gasteiger partial charge in [0.25, 0.3) is 23.6 Å². The predicted molar refractivity (Wildman–Crippen MR) is 128 cm³/mol. The maximum absolute atomic E-state index is 13.2. The number of anilines is 2. The Balaban J connectivity index is 1.47. The zero-order valence-corrected chi connectivity index (χ0v) is 19.1. The van der Waals surface area contributed by atoms with E-state index in [9.17, 15) is 39.0 Å². The number of carboxylic acid groups (broad SMARTS) is 2. The fraction of sp³-hybridized carbons (Fsp3) is 0. The minimum absolute atomic E-state index is 0.0252. The van der Waals surface area contributed by atoms with Gasteiger partial charge in [0.05, 0.1) is 45.6 Å². The van der Waals surface area contributed by atoms with Gasteiger partial charge in [-0.1, -0.05) is 36.4 Å². The molecular weight excluding hydrogens is 492 g/mol. The molecule has 6 rings (SSSR count). The van der Waals surface area contributed by atoms with Crippen LogP contribution in [0.5, 0.6) is 0 Å².